The lowest BCUT2D eigenvalue weighted by Gasteiger charge is -2.39. The Morgan fingerprint density at radius 1 is 1.25 bits per heavy atom. The fourth-order valence-corrected chi connectivity index (χ4v) is 3.56. The van der Waals surface area contributed by atoms with E-state index in [-0.39, 0.29) is 9.65 Å². The van der Waals surface area contributed by atoms with Gasteiger partial charge in [-0.1, -0.05) is 66.0 Å². The lowest BCUT2D eigenvalue weighted by atomic mass is 10.1. The Morgan fingerprint density at radius 2 is 1.90 bits per heavy atom. The van der Waals surface area contributed by atoms with Gasteiger partial charge in [-0.3, -0.25) is 0 Å². The maximum Gasteiger partial charge on any atom is 0.338 e. The van der Waals surface area contributed by atoms with E-state index in [1.54, 1.807) is 24.3 Å². The number of halogens is 3. The Hall–Kier alpha value is 0.0500. The summed E-state index contributed by atoms with van der Waals surface area (Å²) in [4.78, 5) is 11.5. The Morgan fingerprint density at radius 3 is 2.50 bits per heavy atom. The molecule has 0 unspecified atom stereocenters. The summed E-state index contributed by atoms with van der Waals surface area (Å²) in [7, 11) is 0. The van der Waals surface area contributed by atoms with E-state index in [9.17, 15) is 9.90 Å². The fourth-order valence-electron chi connectivity index (χ4n) is 1.91. The Balaban J connectivity index is 2.11. The van der Waals surface area contributed by atoms with Gasteiger partial charge in [-0.2, -0.15) is 0 Å². The topological polar surface area (TPSA) is 55.8 Å². The Labute approximate surface area is 142 Å². The molecule has 5 atom stereocenters. The largest absolute Gasteiger partial charge is 0.455 e. The van der Waals surface area contributed by atoms with E-state index in [0.29, 0.717) is 10.9 Å². The number of aliphatic hydroxyl groups is 1. The highest BCUT2D eigenvalue weighted by Gasteiger charge is 2.44. The van der Waals surface area contributed by atoms with Gasteiger partial charge in [0.05, 0.1) is 15.2 Å². The van der Waals surface area contributed by atoms with Crippen LogP contribution in [0.25, 0.3) is 0 Å². The molecule has 2 rings (SSSR count). The zero-order chi connectivity index (χ0) is 14.7. The quantitative estimate of drug-likeness (QED) is 0.543. The number of hydrogen-bond donors (Lipinski definition) is 1. The molecule has 1 aromatic carbocycles. The van der Waals surface area contributed by atoms with E-state index < -0.39 is 24.5 Å². The highest BCUT2D eigenvalue weighted by Crippen LogP contribution is 2.33. The molecule has 0 aromatic heterocycles. The van der Waals surface area contributed by atoms with Crippen molar-refractivity contribution in [3.8, 4) is 0 Å². The predicted octanol–water partition coefficient (Wildman–Crippen LogP) is 2.85. The second-order valence-corrected chi connectivity index (χ2v) is 7.11. The molecule has 1 N–H and O–H groups in total. The number of benzene rings is 1. The van der Waals surface area contributed by atoms with Crippen LogP contribution in [0.2, 0.25) is 0 Å². The van der Waals surface area contributed by atoms with Crippen LogP contribution in [0.3, 0.4) is 0 Å². The fraction of sp³-hybridized carbons (Fsp3) is 0.462. The minimum atomic E-state index is -0.950. The molecular weight excluding hydrogens is 460 g/mol. The van der Waals surface area contributed by atoms with Crippen molar-refractivity contribution >= 4 is 53.8 Å². The summed E-state index contributed by atoms with van der Waals surface area (Å²) in [5.74, 6) is -0.411. The SMILES string of the molecule is O=C(O[C@H]1[C@@H](Br)[C@H](Br)[C@@H](O)O[C@@H]1CBr)c1ccccc1. The molecule has 0 radical (unpaired) electrons. The van der Waals surface area contributed by atoms with E-state index >= 15 is 0 Å². The summed E-state index contributed by atoms with van der Waals surface area (Å²) >= 11 is 10.1. The number of ether oxygens (including phenoxy) is 2. The first-order valence-corrected chi connectivity index (χ1v) is 8.93. The van der Waals surface area contributed by atoms with Gasteiger partial charge in [0.2, 0.25) is 0 Å². The highest BCUT2D eigenvalue weighted by atomic mass is 79.9. The van der Waals surface area contributed by atoms with Crippen molar-refractivity contribution in [2.45, 2.75) is 28.2 Å². The average Bonchev–Trinajstić information content (AvgIpc) is 2.48. The van der Waals surface area contributed by atoms with Crippen LogP contribution in [0.5, 0.6) is 0 Å². The van der Waals surface area contributed by atoms with Gasteiger partial charge in [0.1, 0.15) is 12.2 Å². The van der Waals surface area contributed by atoms with Crippen molar-refractivity contribution in [3.63, 3.8) is 0 Å². The molecule has 0 saturated carbocycles. The summed E-state index contributed by atoms with van der Waals surface area (Å²) in [6.45, 7) is 0. The zero-order valence-corrected chi connectivity index (χ0v) is 15.0. The number of rotatable bonds is 3. The molecule has 4 nitrogen and oxygen atoms in total. The zero-order valence-electron chi connectivity index (χ0n) is 10.3. The summed E-state index contributed by atoms with van der Waals surface area (Å²) in [5.41, 5.74) is 0.484. The van der Waals surface area contributed by atoms with Crippen LogP contribution in [0, 0.1) is 0 Å². The number of alkyl halides is 3. The molecular formula is C13H13Br3O4. The van der Waals surface area contributed by atoms with Crippen molar-refractivity contribution in [1.82, 2.24) is 0 Å². The van der Waals surface area contributed by atoms with E-state index in [2.05, 4.69) is 47.8 Å². The number of esters is 1. The molecule has 1 heterocycles. The molecule has 0 spiro atoms. The molecule has 0 bridgehead atoms. The van der Waals surface area contributed by atoms with E-state index in [1.165, 1.54) is 0 Å². The molecule has 1 aliphatic heterocycles. The number of hydrogen-bond acceptors (Lipinski definition) is 4. The Bertz CT molecular complexity index is 454. The van der Waals surface area contributed by atoms with Gasteiger partial charge in [0, 0.05) is 5.33 Å². The van der Waals surface area contributed by atoms with E-state index in [4.69, 9.17) is 9.47 Å². The number of carbonyl (C=O) groups excluding carboxylic acids is 1. The first kappa shape index (κ1) is 16.4. The van der Waals surface area contributed by atoms with Gasteiger partial charge < -0.3 is 14.6 Å². The second-order valence-electron chi connectivity index (χ2n) is 4.34. The van der Waals surface area contributed by atoms with Gasteiger partial charge in [-0.25, -0.2) is 4.79 Å². The Kier molecular flexibility index (Phi) is 6.04. The number of carbonyl (C=O) groups is 1. The molecule has 110 valence electrons. The third-order valence-electron chi connectivity index (χ3n) is 2.98. The van der Waals surface area contributed by atoms with Crippen LogP contribution >= 0.6 is 47.8 Å². The maximum atomic E-state index is 12.1. The molecule has 0 amide bonds. The van der Waals surface area contributed by atoms with Gasteiger partial charge in [0.25, 0.3) is 0 Å². The molecule has 20 heavy (non-hydrogen) atoms. The normalized spacial score (nSPS) is 33.7. The number of aliphatic hydroxyl groups excluding tert-OH is 1. The van der Waals surface area contributed by atoms with Gasteiger partial charge in [-0.15, -0.1) is 0 Å². The van der Waals surface area contributed by atoms with Crippen LogP contribution in [0.1, 0.15) is 10.4 Å². The van der Waals surface area contributed by atoms with Crippen molar-refractivity contribution in [2.24, 2.45) is 0 Å². The van der Waals surface area contributed by atoms with E-state index in [0.717, 1.165) is 0 Å². The molecule has 7 heteroatoms. The van der Waals surface area contributed by atoms with Gasteiger partial charge in [0.15, 0.2) is 6.29 Å². The van der Waals surface area contributed by atoms with Crippen LogP contribution in [0.15, 0.2) is 30.3 Å². The van der Waals surface area contributed by atoms with Crippen LogP contribution < -0.4 is 0 Å². The molecule has 1 fully saturated rings. The minimum Gasteiger partial charge on any atom is -0.455 e. The molecule has 0 aliphatic carbocycles. The molecule has 1 saturated heterocycles. The van der Waals surface area contributed by atoms with Crippen LogP contribution in [-0.2, 0) is 9.47 Å². The first-order chi connectivity index (χ1) is 9.54. The molecule has 1 aliphatic rings. The summed E-state index contributed by atoms with van der Waals surface area (Å²) < 4.78 is 11.0. The van der Waals surface area contributed by atoms with Crippen LogP contribution in [0.4, 0.5) is 0 Å². The third-order valence-corrected chi connectivity index (χ3v) is 6.44. The molecule has 1 aromatic rings. The van der Waals surface area contributed by atoms with Gasteiger partial charge in [-0.05, 0) is 12.1 Å². The summed E-state index contributed by atoms with van der Waals surface area (Å²) in [6.07, 6.45) is -1.88. The standard InChI is InChI=1S/C13H13Br3O4/c14-6-8-11(9(15)10(16)13(18)19-8)20-12(17)7-4-2-1-3-5-7/h1-5,8-11,13,18H,6H2/t8-,9+,10+,11-,13+/m1/s1. The van der Waals surface area contributed by atoms with Crippen molar-refractivity contribution in [2.75, 3.05) is 5.33 Å². The maximum absolute atomic E-state index is 12.1. The van der Waals surface area contributed by atoms with Crippen LogP contribution in [-0.4, -0.2) is 44.6 Å². The summed E-state index contributed by atoms with van der Waals surface area (Å²) in [5, 5.41) is 10.2. The minimum absolute atomic E-state index is 0.249. The van der Waals surface area contributed by atoms with Gasteiger partial charge >= 0.3 is 5.97 Å². The lowest BCUT2D eigenvalue weighted by Crippen LogP contribution is -2.55. The predicted molar refractivity (Wildman–Crippen MR) is 85.7 cm³/mol. The lowest BCUT2D eigenvalue weighted by molar-refractivity contribution is -0.182. The summed E-state index contributed by atoms with van der Waals surface area (Å²) in [6, 6.07) is 8.77. The third kappa shape index (κ3) is 3.62. The second kappa shape index (κ2) is 7.35. The smallest absolute Gasteiger partial charge is 0.338 e. The highest BCUT2D eigenvalue weighted by molar-refractivity contribution is 9.12. The van der Waals surface area contributed by atoms with Crippen molar-refractivity contribution < 1.29 is 19.4 Å². The van der Waals surface area contributed by atoms with E-state index in [1.807, 2.05) is 6.07 Å². The first-order valence-electron chi connectivity index (χ1n) is 5.98. The monoisotopic (exact) mass is 470 g/mol. The average molecular weight is 473 g/mol. The van der Waals surface area contributed by atoms with Crippen molar-refractivity contribution in [1.29, 1.82) is 0 Å². The van der Waals surface area contributed by atoms with Crippen molar-refractivity contribution in [3.05, 3.63) is 35.9 Å².